The van der Waals surface area contributed by atoms with Gasteiger partial charge in [0.15, 0.2) is 0 Å². The van der Waals surface area contributed by atoms with Gasteiger partial charge in [-0.3, -0.25) is 4.90 Å². The Morgan fingerprint density at radius 3 is 2.25 bits per heavy atom. The number of benzene rings is 2. The lowest BCUT2D eigenvalue weighted by Crippen LogP contribution is -2.46. The average molecular weight is 397 g/mol. The predicted molar refractivity (Wildman–Crippen MR) is 110 cm³/mol. The van der Waals surface area contributed by atoms with Crippen molar-refractivity contribution in [2.75, 3.05) is 31.1 Å². The summed E-state index contributed by atoms with van der Waals surface area (Å²) in [5, 5.41) is 0.486. The van der Waals surface area contributed by atoms with Gasteiger partial charge < -0.3 is 4.90 Å². The van der Waals surface area contributed by atoms with Gasteiger partial charge in [0.05, 0.1) is 0 Å². The molecular formula is C22H22ClFN4. The first-order valence-corrected chi connectivity index (χ1v) is 9.82. The van der Waals surface area contributed by atoms with Gasteiger partial charge in [-0.05, 0) is 23.3 Å². The number of rotatable bonds is 5. The van der Waals surface area contributed by atoms with Crippen molar-refractivity contribution in [1.82, 2.24) is 14.9 Å². The maximum absolute atomic E-state index is 14.0. The molecule has 0 amide bonds. The standard InChI is InChI=1S/C22H22ClFN4/c23-20-7-4-8-21(24)19(20)16-27-9-11-28(12-10-27)22-25-14-18(15-26-22)13-17-5-2-1-3-6-17/h1-8,14-15H,9-13,16H2. The van der Waals surface area contributed by atoms with Crippen molar-refractivity contribution in [3.05, 3.63) is 88.5 Å². The normalized spacial score (nSPS) is 15.0. The summed E-state index contributed by atoms with van der Waals surface area (Å²) in [6.07, 6.45) is 4.64. The molecular weight excluding hydrogens is 375 g/mol. The Hall–Kier alpha value is -2.50. The van der Waals surface area contributed by atoms with Gasteiger partial charge in [-0.2, -0.15) is 0 Å². The smallest absolute Gasteiger partial charge is 0.225 e. The van der Waals surface area contributed by atoms with E-state index in [1.54, 1.807) is 12.1 Å². The zero-order chi connectivity index (χ0) is 19.3. The molecule has 144 valence electrons. The summed E-state index contributed by atoms with van der Waals surface area (Å²) in [7, 11) is 0. The Morgan fingerprint density at radius 2 is 1.57 bits per heavy atom. The molecule has 0 atom stereocenters. The Morgan fingerprint density at radius 1 is 0.857 bits per heavy atom. The van der Waals surface area contributed by atoms with Crippen LogP contribution in [0.25, 0.3) is 0 Å². The molecule has 1 aliphatic heterocycles. The van der Waals surface area contributed by atoms with Crippen molar-refractivity contribution in [3.8, 4) is 0 Å². The van der Waals surface area contributed by atoms with E-state index in [1.807, 2.05) is 30.6 Å². The third-order valence-corrected chi connectivity index (χ3v) is 5.40. The van der Waals surface area contributed by atoms with E-state index in [-0.39, 0.29) is 5.82 Å². The quantitative estimate of drug-likeness (QED) is 0.647. The topological polar surface area (TPSA) is 32.3 Å². The maximum Gasteiger partial charge on any atom is 0.225 e. The third-order valence-electron chi connectivity index (χ3n) is 5.04. The van der Waals surface area contributed by atoms with Crippen LogP contribution in [-0.4, -0.2) is 41.0 Å². The summed E-state index contributed by atoms with van der Waals surface area (Å²) in [4.78, 5) is 13.5. The van der Waals surface area contributed by atoms with Gasteiger partial charge in [-0.1, -0.05) is 48.0 Å². The van der Waals surface area contributed by atoms with Crippen molar-refractivity contribution in [1.29, 1.82) is 0 Å². The largest absolute Gasteiger partial charge is 0.338 e. The Balaban J connectivity index is 1.33. The zero-order valence-corrected chi connectivity index (χ0v) is 16.3. The molecule has 0 radical (unpaired) electrons. The summed E-state index contributed by atoms with van der Waals surface area (Å²) in [5.74, 6) is 0.507. The summed E-state index contributed by atoms with van der Waals surface area (Å²) in [5.41, 5.74) is 2.92. The monoisotopic (exact) mass is 396 g/mol. The number of halogens is 2. The highest BCUT2D eigenvalue weighted by Gasteiger charge is 2.20. The van der Waals surface area contributed by atoms with E-state index in [2.05, 4.69) is 31.9 Å². The molecule has 1 aromatic heterocycles. The molecule has 6 heteroatoms. The summed E-state index contributed by atoms with van der Waals surface area (Å²) in [6, 6.07) is 15.1. The lowest BCUT2D eigenvalue weighted by atomic mass is 10.1. The van der Waals surface area contributed by atoms with Crippen molar-refractivity contribution in [2.45, 2.75) is 13.0 Å². The van der Waals surface area contributed by atoms with Gasteiger partial charge in [-0.25, -0.2) is 14.4 Å². The van der Waals surface area contributed by atoms with Crippen LogP contribution in [0.2, 0.25) is 5.02 Å². The van der Waals surface area contributed by atoms with Gasteiger partial charge in [0.1, 0.15) is 5.82 Å². The summed E-state index contributed by atoms with van der Waals surface area (Å²) in [6.45, 7) is 3.78. The van der Waals surface area contributed by atoms with Crippen LogP contribution in [0.5, 0.6) is 0 Å². The first kappa shape index (κ1) is 18.8. The van der Waals surface area contributed by atoms with E-state index in [9.17, 15) is 4.39 Å². The maximum atomic E-state index is 14.0. The van der Waals surface area contributed by atoms with Crippen molar-refractivity contribution in [2.24, 2.45) is 0 Å². The highest BCUT2D eigenvalue weighted by atomic mass is 35.5. The van der Waals surface area contributed by atoms with E-state index < -0.39 is 0 Å². The fourth-order valence-corrected chi connectivity index (χ4v) is 3.67. The van der Waals surface area contributed by atoms with Gasteiger partial charge in [-0.15, -0.1) is 0 Å². The molecule has 0 aliphatic carbocycles. The molecule has 28 heavy (non-hydrogen) atoms. The second kappa shape index (κ2) is 8.67. The molecule has 4 rings (SSSR count). The lowest BCUT2D eigenvalue weighted by Gasteiger charge is -2.34. The van der Waals surface area contributed by atoms with E-state index >= 15 is 0 Å². The number of anilines is 1. The van der Waals surface area contributed by atoms with Crippen LogP contribution in [0.3, 0.4) is 0 Å². The second-order valence-corrected chi connectivity index (χ2v) is 7.42. The second-order valence-electron chi connectivity index (χ2n) is 7.02. The molecule has 1 saturated heterocycles. The highest BCUT2D eigenvalue weighted by Crippen LogP contribution is 2.22. The van der Waals surface area contributed by atoms with Crippen molar-refractivity contribution < 1.29 is 4.39 Å². The van der Waals surface area contributed by atoms with Crippen LogP contribution in [-0.2, 0) is 13.0 Å². The van der Waals surface area contributed by atoms with Gasteiger partial charge >= 0.3 is 0 Å². The third kappa shape index (κ3) is 4.49. The SMILES string of the molecule is Fc1cccc(Cl)c1CN1CCN(c2ncc(Cc3ccccc3)cn2)CC1. The number of hydrogen-bond acceptors (Lipinski definition) is 4. The average Bonchev–Trinajstić information content (AvgIpc) is 2.73. The van der Waals surface area contributed by atoms with Crippen LogP contribution < -0.4 is 4.90 Å². The molecule has 1 aliphatic rings. The van der Waals surface area contributed by atoms with Crippen molar-refractivity contribution in [3.63, 3.8) is 0 Å². The van der Waals surface area contributed by atoms with Gasteiger partial charge in [0.2, 0.25) is 5.95 Å². The Labute approximate surface area is 169 Å². The fraction of sp³-hybridized carbons (Fsp3) is 0.273. The number of nitrogens with zero attached hydrogens (tertiary/aromatic N) is 4. The summed E-state index contributed by atoms with van der Waals surface area (Å²) >= 11 is 6.15. The molecule has 2 heterocycles. The Kier molecular flexibility index (Phi) is 5.84. The lowest BCUT2D eigenvalue weighted by molar-refractivity contribution is 0.245. The van der Waals surface area contributed by atoms with Crippen LogP contribution in [0.4, 0.5) is 10.3 Å². The number of hydrogen-bond donors (Lipinski definition) is 0. The fourth-order valence-electron chi connectivity index (χ4n) is 3.45. The first-order chi connectivity index (χ1) is 13.7. The van der Waals surface area contributed by atoms with Crippen LogP contribution in [0.15, 0.2) is 60.9 Å². The number of piperazine rings is 1. The highest BCUT2D eigenvalue weighted by molar-refractivity contribution is 6.31. The minimum atomic E-state index is -0.243. The Bertz CT molecular complexity index is 889. The van der Waals surface area contributed by atoms with Crippen LogP contribution in [0, 0.1) is 5.82 Å². The van der Waals surface area contributed by atoms with Crippen LogP contribution in [0.1, 0.15) is 16.7 Å². The minimum Gasteiger partial charge on any atom is -0.338 e. The molecule has 0 bridgehead atoms. The van der Waals surface area contributed by atoms with E-state index in [0.29, 0.717) is 17.1 Å². The van der Waals surface area contributed by atoms with Gasteiger partial charge in [0.25, 0.3) is 0 Å². The molecule has 0 spiro atoms. The van der Waals surface area contributed by atoms with E-state index in [4.69, 9.17) is 11.6 Å². The number of aromatic nitrogens is 2. The van der Waals surface area contributed by atoms with E-state index in [0.717, 1.165) is 44.1 Å². The molecule has 0 saturated carbocycles. The van der Waals surface area contributed by atoms with Crippen LogP contribution >= 0.6 is 11.6 Å². The minimum absolute atomic E-state index is 0.243. The molecule has 0 N–H and O–H groups in total. The molecule has 1 fully saturated rings. The van der Waals surface area contributed by atoms with Gasteiger partial charge in [0, 0.05) is 62.1 Å². The molecule has 2 aromatic carbocycles. The zero-order valence-electron chi connectivity index (χ0n) is 15.6. The molecule has 3 aromatic rings. The van der Waals surface area contributed by atoms with Crippen molar-refractivity contribution >= 4 is 17.5 Å². The predicted octanol–water partition coefficient (Wildman–Crippen LogP) is 4.18. The first-order valence-electron chi connectivity index (χ1n) is 9.44. The van der Waals surface area contributed by atoms with E-state index in [1.165, 1.54) is 11.6 Å². The molecule has 0 unspecified atom stereocenters. The summed E-state index contributed by atoms with van der Waals surface area (Å²) < 4.78 is 14.0. The molecule has 4 nitrogen and oxygen atoms in total.